The van der Waals surface area contributed by atoms with E-state index in [4.69, 9.17) is 4.74 Å². The summed E-state index contributed by atoms with van der Waals surface area (Å²) in [6, 6.07) is 9.69. The molecule has 0 saturated carbocycles. The maximum Gasteiger partial charge on any atom is 0.308 e. The number of carbonyl (C=O) groups is 1. The Kier molecular flexibility index (Phi) is 4.80. The summed E-state index contributed by atoms with van der Waals surface area (Å²) in [5, 5.41) is 0. The van der Waals surface area contributed by atoms with Crippen molar-refractivity contribution in [3.8, 4) is 0 Å². The Morgan fingerprint density at radius 2 is 1.93 bits per heavy atom. The van der Waals surface area contributed by atoms with Gasteiger partial charge in [-0.3, -0.25) is 4.79 Å². The minimum atomic E-state index is -0.534. The van der Waals surface area contributed by atoms with Gasteiger partial charge in [0.15, 0.2) is 0 Å². The van der Waals surface area contributed by atoms with E-state index in [-0.39, 0.29) is 12.4 Å². The molecule has 0 unspecified atom stereocenters. The van der Waals surface area contributed by atoms with E-state index in [1.165, 1.54) is 0 Å². The van der Waals surface area contributed by atoms with Crippen LogP contribution in [0.5, 0.6) is 0 Å². The normalized spacial score (nSPS) is 11.1. The SMILES string of the molecule is CCOC(=O)CC(Br)(Br)c1ccccc1. The number of hydrogen-bond donors (Lipinski definition) is 0. The standard InChI is InChI=1S/C11H12Br2O2/c1-2-15-10(14)8-11(12,13)9-6-4-3-5-7-9/h3-7H,2,8H2,1H3. The van der Waals surface area contributed by atoms with Gasteiger partial charge in [-0.05, 0) is 12.5 Å². The Bertz CT molecular complexity index is 323. The van der Waals surface area contributed by atoms with Crippen LogP contribution in [0.25, 0.3) is 0 Å². The van der Waals surface area contributed by atoms with Gasteiger partial charge in [-0.1, -0.05) is 62.2 Å². The quantitative estimate of drug-likeness (QED) is 0.621. The van der Waals surface area contributed by atoms with Gasteiger partial charge in [-0.15, -0.1) is 0 Å². The molecule has 0 heterocycles. The minimum Gasteiger partial charge on any atom is -0.466 e. The minimum absolute atomic E-state index is 0.227. The van der Waals surface area contributed by atoms with Crippen molar-refractivity contribution in [3.63, 3.8) is 0 Å². The van der Waals surface area contributed by atoms with E-state index in [0.717, 1.165) is 5.56 Å². The van der Waals surface area contributed by atoms with Gasteiger partial charge < -0.3 is 4.74 Å². The highest BCUT2D eigenvalue weighted by Gasteiger charge is 2.29. The molecule has 15 heavy (non-hydrogen) atoms. The predicted molar refractivity (Wildman–Crippen MR) is 67.2 cm³/mol. The summed E-state index contributed by atoms with van der Waals surface area (Å²) in [5.41, 5.74) is 0.998. The fourth-order valence-electron chi connectivity index (χ4n) is 1.18. The summed E-state index contributed by atoms with van der Waals surface area (Å²) in [4.78, 5) is 11.3. The Morgan fingerprint density at radius 1 is 1.33 bits per heavy atom. The molecule has 0 aliphatic carbocycles. The lowest BCUT2D eigenvalue weighted by Crippen LogP contribution is -2.17. The molecule has 0 radical (unpaired) electrons. The lowest BCUT2D eigenvalue weighted by atomic mass is 10.1. The average Bonchev–Trinajstić information content (AvgIpc) is 2.18. The smallest absolute Gasteiger partial charge is 0.308 e. The van der Waals surface area contributed by atoms with Crippen LogP contribution in [0.3, 0.4) is 0 Å². The Hall–Kier alpha value is -0.350. The first-order valence-electron chi connectivity index (χ1n) is 4.65. The molecule has 0 aromatic heterocycles. The molecule has 2 nitrogen and oxygen atoms in total. The first-order valence-corrected chi connectivity index (χ1v) is 6.24. The van der Waals surface area contributed by atoms with E-state index in [9.17, 15) is 4.79 Å². The molecule has 0 aliphatic heterocycles. The van der Waals surface area contributed by atoms with Crippen LogP contribution in [-0.4, -0.2) is 12.6 Å². The Morgan fingerprint density at radius 3 is 2.47 bits per heavy atom. The summed E-state index contributed by atoms with van der Waals surface area (Å²) in [5.74, 6) is -0.227. The van der Waals surface area contributed by atoms with Crippen molar-refractivity contribution in [3.05, 3.63) is 35.9 Å². The maximum atomic E-state index is 11.3. The van der Waals surface area contributed by atoms with Crippen molar-refractivity contribution in [2.24, 2.45) is 0 Å². The van der Waals surface area contributed by atoms with Crippen molar-refractivity contribution >= 4 is 37.8 Å². The highest BCUT2D eigenvalue weighted by atomic mass is 79.9. The molecule has 0 N–H and O–H groups in total. The van der Waals surface area contributed by atoms with Gasteiger partial charge >= 0.3 is 5.97 Å². The Balaban J connectivity index is 2.71. The van der Waals surface area contributed by atoms with Crippen LogP contribution in [0, 0.1) is 0 Å². The summed E-state index contributed by atoms with van der Waals surface area (Å²) in [6.07, 6.45) is 0.255. The molecule has 1 aromatic rings. The van der Waals surface area contributed by atoms with Crippen molar-refractivity contribution in [2.45, 2.75) is 16.6 Å². The van der Waals surface area contributed by atoms with Crippen LogP contribution in [0.15, 0.2) is 30.3 Å². The van der Waals surface area contributed by atoms with Gasteiger partial charge in [-0.2, -0.15) is 0 Å². The van der Waals surface area contributed by atoms with Crippen molar-refractivity contribution in [1.82, 2.24) is 0 Å². The molecule has 0 spiro atoms. The van der Waals surface area contributed by atoms with Crippen molar-refractivity contribution < 1.29 is 9.53 Å². The number of ether oxygens (including phenoxy) is 1. The summed E-state index contributed by atoms with van der Waals surface area (Å²) < 4.78 is 4.37. The second-order valence-electron chi connectivity index (χ2n) is 3.05. The monoisotopic (exact) mass is 334 g/mol. The van der Waals surface area contributed by atoms with Gasteiger partial charge in [0.05, 0.1) is 13.0 Å². The Labute approximate surface area is 106 Å². The number of hydrogen-bond acceptors (Lipinski definition) is 2. The molecule has 0 fully saturated rings. The third kappa shape index (κ3) is 3.95. The van der Waals surface area contributed by atoms with Gasteiger partial charge in [0, 0.05) is 0 Å². The molecular formula is C11H12Br2O2. The molecule has 0 atom stereocenters. The summed E-state index contributed by atoms with van der Waals surface area (Å²) >= 11 is 6.95. The molecule has 0 bridgehead atoms. The largest absolute Gasteiger partial charge is 0.466 e. The average molecular weight is 336 g/mol. The van der Waals surface area contributed by atoms with Crippen LogP contribution in [-0.2, 0) is 12.8 Å². The van der Waals surface area contributed by atoms with Gasteiger partial charge in [0.2, 0.25) is 0 Å². The molecule has 4 heteroatoms. The maximum absolute atomic E-state index is 11.3. The van der Waals surface area contributed by atoms with E-state index in [1.807, 2.05) is 30.3 Å². The molecule has 1 aromatic carbocycles. The first-order chi connectivity index (χ1) is 7.06. The van der Waals surface area contributed by atoms with Crippen LogP contribution in [0.4, 0.5) is 0 Å². The van der Waals surface area contributed by atoms with E-state index in [1.54, 1.807) is 6.92 Å². The molecule has 1 rings (SSSR count). The fraction of sp³-hybridized carbons (Fsp3) is 0.364. The molecule has 0 saturated heterocycles. The van der Waals surface area contributed by atoms with Gasteiger partial charge in [0.1, 0.15) is 3.23 Å². The zero-order valence-corrected chi connectivity index (χ0v) is 11.5. The van der Waals surface area contributed by atoms with Crippen LogP contribution in [0.1, 0.15) is 18.9 Å². The number of rotatable bonds is 4. The topological polar surface area (TPSA) is 26.3 Å². The number of esters is 1. The predicted octanol–water partition coefficient (Wildman–Crippen LogP) is 3.58. The lowest BCUT2D eigenvalue weighted by Gasteiger charge is -2.19. The van der Waals surface area contributed by atoms with Crippen LogP contribution < -0.4 is 0 Å². The number of halogens is 2. The molecular weight excluding hydrogens is 324 g/mol. The number of carbonyl (C=O) groups excluding carboxylic acids is 1. The van der Waals surface area contributed by atoms with Crippen molar-refractivity contribution in [2.75, 3.05) is 6.61 Å². The summed E-state index contributed by atoms with van der Waals surface area (Å²) in [6.45, 7) is 2.20. The molecule has 0 amide bonds. The highest BCUT2D eigenvalue weighted by molar-refractivity contribution is 9.24. The van der Waals surface area contributed by atoms with Gasteiger partial charge in [0.25, 0.3) is 0 Å². The van der Waals surface area contributed by atoms with Crippen LogP contribution in [0.2, 0.25) is 0 Å². The van der Waals surface area contributed by atoms with Crippen LogP contribution >= 0.6 is 31.9 Å². The van der Waals surface area contributed by atoms with Gasteiger partial charge in [-0.25, -0.2) is 0 Å². The zero-order valence-electron chi connectivity index (χ0n) is 8.37. The van der Waals surface area contributed by atoms with E-state index in [2.05, 4.69) is 31.9 Å². The van der Waals surface area contributed by atoms with E-state index >= 15 is 0 Å². The zero-order chi connectivity index (χ0) is 11.3. The third-order valence-corrected chi connectivity index (χ3v) is 3.34. The summed E-state index contributed by atoms with van der Waals surface area (Å²) in [7, 11) is 0. The number of benzene rings is 1. The van der Waals surface area contributed by atoms with Crippen molar-refractivity contribution in [1.29, 1.82) is 0 Å². The highest BCUT2D eigenvalue weighted by Crippen LogP contribution is 2.41. The lowest BCUT2D eigenvalue weighted by molar-refractivity contribution is -0.143. The molecule has 0 aliphatic rings. The van der Waals surface area contributed by atoms with E-state index < -0.39 is 3.23 Å². The number of alkyl halides is 2. The first kappa shape index (κ1) is 12.7. The molecule has 82 valence electrons. The fourth-order valence-corrected chi connectivity index (χ4v) is 2.16. The second kappa shape index (κ2) is 5.66. The van der Waals surface area contributed by atoms with E-state index in [0.29, 0.717) is 6.61 Å². The second-order valence-corrected chi connectivity index (χ2v) is 6.82. The third-order valence-electron chi connectivity index (χ3n) is 1.87.